The average Bonchev–Trinajstić information content (AvgIpc) is 1.83. The Morgan fingerprint density at radius 2 is 1.40 bits per heavy atom. The number of hydrogen-bond acceptors (Lipinski definition) is 0. The summed E-state index contributed by atoms with van der Waals surface area (Å²) in [6.07, 6.45) is 5.22. The third-order valence-electron chi connectivity index (χ3n) is 1.60. The first kappa shape index (κ1) is 17.5. The zero-order chi connectivity index (χ0) is 6.41. The molecule has 0 nitrogen and oxygen atoms in total. The van der Waals surface area contributed by atoms with Crippen molar-refractivity contribution in [3.05, 3.63) is 5.92 Å². The molecule has 10 heavy (non-hydrogen) atoms. The van der Waals surface area contributed by atoms with Crippen LogP contribution in [-0.2, 0) is 0 Å². The van der Waals surface area contributed by atoms with E-state index >= 15 is 0 Å². The summed E-state index contributed by atoms with van der Waals surface area (Å²) in [5, 5.41) is 0. The molecule has 0 unspecified atom stereocenters. The first-order valence-electron chi connectivity index (χ1n) is 3.68. The van der Waals surface area contributed by atoms with Crippen molar-refractivity contribution in [1.82, 2.24) is 0 Å². The van der Waals surface area contributed by atoms with Gasteiger partial charge in [0.2, 0.25) is 0 Å². The minimum atomic E-state index is 0. The maximum Gasteiger partial charge on any atom is 2.00 e. The van der Waals surface area contributed by atoms with Gasteiger partial charge in [-0.2, -0.15) is 19.3 Å². The molecule has 0 saturated heterocycles. The fraction of sp³-hybridized carbons (Fsp3) is 0.875. The Hall–Kier alpha value is 1.50. The second-order valence-electron chi connectivity index (χ2n) is 2.21. The molecule has 0 heterocycles. The van der Waals surface area contributed by atoms with Crippen molar-refractivity contribution in [1.29, 1.82) is 0 Å². The van der Waals surface area contributed by atoms with E-state index in [1.54, 1.807) is 5.92 Å². The number of halogens is 1. The zero-order valence-electron chi connectivity index (χ0n) is 7.41. The van der Waals surface area contributed by atoms with Crippen molar-refractivity contribution in [2.24, 2.45) is 0 Å². The van der Waals surface area contributed by atoms with Gasteiger partial charge in [0.15, 0.2) is 0 Å². The Kier molecular flexibility index (Phi) is 23.0. The van der Waals surface area contributed by atoms with Gasteiger partial charge in [0.05, 0.1) is 0 Å². The third-order valence-corrected chi connectivity index (χ3v) is 1.60. The molecule has 0 aromatic carbocycles. The van der Waals surface area contributed by atoms with Crippen molar-refractivity contribution >= 4 is 23.1 Å². The van der Waals surface area contributed by atoms with Crippen LogP contribution in [0, 0.1) is 5.92 Å². The molecule has 0 spiro atoms. The second kappa shape index (κ2) is 13.1. The van der Waals surface area contributed by atoms with Crippen molar-refractivity contribution < 1.29 is 24.0 Å². The normalized spacial score (nSPS) is 8.40. The standard InChI is InChI=1S/C8H17.HI.Mg/c1-4-7-8(5-2)6-3;;/h4-7H2,1-3H3;1H;/q-1;;+2/p-1. The molecule has 0 atom stereocenters. The maximum atomic E-state index is 2.24. The molecule has 0 fully saturated rings. The summed E-state index contributed by atoms with van der Waals surface area (Å²) < 4.78 is 0. The van der Waals surface area contributed by atoms with E-state index in [0.717, 1.165) is 0 Å². The van der Waals surface area contributed by atoms with Crippen molar-refractivity contribution in [2.75, 3.05) is 0 Å². The van der Waals surface area contributed by atoms with E-state index < -0.39 is 0 Å². The van der Waals surface area contributed by atoms with Gasteiger partial charge in [-0.15, -0.1) is 0 Å². The Labute approximate surface area is 98.7 Å². The van der Waals surface area contributed by atoms with Gasteiger partial charge in [-0.05, 0) is 0 Å². The van der Waals surface area contributed by atoms with E-state index in [0.29, 0.717) is 0 Å². The Morgan fingerprint density at radius 1 is 1.00 bits per heavy atom. The van der Waals surface area contributed by atoms with Gasteiger partial charge in [-0.1, -0.05) is 27.2 Å². The van der Waals surface area contributed by atoms with Crippen LogP contribution < -0.4 is 24.0 Å². The largest absolute Gasteiger partial charge is 2.00 e. The summed E-state index contributed by atoms with van der Waals surface area (Å²) in [6, 6.07) is 0. The Balaban J connectivity index is -0.000000245. The molecule has 0 aromatic rings. The van der Waals surface area contributed by atoms with E-state index in [9.17, 15) is 0 Å². The molecule has 0 amide bonds. The van der Waals surface area contributed by atoms with Gasteiger partial charge in [-0.3, -0.25) is 0 Å². The van der Waals surface area contributed by atoms with E-state index in [-0.39, 0.29) is 47.0 Å². The molecule has 0 aliphatic heterocycles. The molecule has 0 bridgehead atoms. The quantitative estimate of drug-likeness (QED) is 0.375. The van der Waals surface area contributed by atoms with Crippen LogP contribution in [0.1, 0.15) is 46.5 Å². The summed E-state index contributed by atoms with van der Waals surface area (Å²) >= 11 is 0. The number of rotatable bonds is 4. The molecule has 2 heteroatoms. The summed E-state index contributed by atoms with van der Waals surface area (Å²) in [5.41, 5.74) is 0. The molecule has 58 valence electrons. The minimum Gasteiger partial charge on any atom is -1.00 e. The maximum absolute atomic E-state index is 2.24. The molecule has 0 N–H and O–H groups in total. The molecule has 0 saturated carbocycles. The van der Waals surface area contributed by atoms with Crippen LogP contribution in [0.15, 0.2) is 0 Å². The van der Waals surface area contributed by atoms with Crippen LogP contribution in [0.2, 0.25) is 0 Å². The van der Waals surface area contributed by atoms with Crippen molar-refractivity contribution in [3.8, 4) is 0 Å². The molecule has 0 radical (unpaired) electrons. The minimum absolute atomic E-state index is 0. The Morgan fingerprint density at radius 3 is 1.50 bits per heavy atom. The van der Waals surface area contributed by atoms with Crippen molar-refractivity contribution in [2.45, 2.75) is 46.5 Å². The SMILES string of the molecule is CCC[C-](CC)CC.[I-].[Mg+2]. The van der Waals surface area contributed by atoms with E-state index in [4.69, 9.17) is 0 Å². The first-order valence-corrected chi connectivity index (χ1v) is 3.68. The smallest absolute Gasteiger partial charge is 1.00 e. The first-order chi connectivity index (χ1) is 3.85. The fourth-order valence-electron chi connectivity index (χ4n) is 0.957. The summed E-state index contributed by atoms with van der Waals surface area (Å²) in [7, 11) is 0. The summed E-state index contributed by atoms with van der Waals surface area (Å²) in [4.78, 5) is 0. The monoisotopic (exact) mass is 264 g/mol. The van der Waals surface area contributed by atoms with Crippen LogP contribution in [0.4, 0.5) is 0 Å². The predicted molar refractivity (Wildman–Crippen MR) is 44.5 cm³/mol. The van der Waals surface area contributed by atoms with Gasteiger partial charge >= 0.3 is 23.1 Å². The van der Waals surface area contributed by atoms with Gasteiger partial charge in [0.25, 0.3) is 0 Å². The van der Waals surface area contributed by atoms with E-state index in [2.05, 4.69) is 20.8 Å². The van der Waals surface area contributed by atoms with Crippen molar-refractivity contribution in [3.63, 3.8) is 0 Å². The van der Waals surface area contributed by atoms with Crippen LogP contribution >= 0.6 is 0 Å². The predicted octanol–water partition coefficient (Wildman–Crippen LogP) is -0.196. The Bertz CT molecular complexity index is 44.5. The van der Waals surface area contributed by atoms with Crippen LogP contribution in [0.5, 0.6) is 0 Å². The topological polar surface area (TPSA) is 0 Å². The van der Waals surface area contributed by atoms with Crippen LogP contribution in [-0.4, -0.2) is 23.1 Å². The molecular weight excluding hydrogens is 247 g/mol. The number of hydrogen-bond donors (Lipinski definition) is 0. The fourth-order valence-corrected chi connectivity index (χ4v) is 0.957. The molecule has 0 aliphatic rings. The summed E-state index contributed by atoms with van der Waals surface area (Å²) in [5.74, 6) is 1.72. The third kappa shape index (κ3) is 9.50. The molecular formula is C8H17IMg. The van der Waals surface area contributed by atoms with Gasteiger partial charge in [0, 0.05) is 0 Å². The molecule has 0 rings (SSSR count). The van der Waals surface area contributed by atoms with Crippen LogP contribution in [0.3, 0.4) is 0 Å². The van der Waals surface area contributed by atoms with E-state index in [1.807, 2.05) is 0 Å². The molecule has 0 aromatic heterocycles. The van der Waals surface area contributed by atoms with Gasteiger partial charge < -0.3 is 29.9 Å². The van der Waals surface area contributed by atoms with Gasteiger partial charge in [0.1, 0.15) is 0 Å². The second-order valence-corrected chi connectivity index (χ2v) is 2.21. The van der Waals surface area contributed by atoms with E-state index in [1.165, 1.54) is 25.7 Å². The molecule has 0 aliphatic carbocycles. The summed E-state index contributed by atoms with van der Waals surface area (Å²) in [6.45, 7) is 6.73. The van der Waals surface area contributed by atoms with Crippen LogP contribution in [0.25, 0.3) is 0 Å². The average molecular weight is 264 g/mol. The zero-order valence-corrected chi connectivity index (χ0v) is 11.0. The van der Waals surface area contributed by atoms with Gasteiger partial charge in [-0.25, -0.2) is 0 Å².